The summed E-state index contributed by atoms with van der Waals surface area (Å²) in [6.45, 7) is 2.65. The van der Waals surface area contributed by atoms with Crippen molar-refractivity contribution in [1.29, 1.82) is 0 Å². The first kappa shape index (κ1) is 9.32. The minimum absolute atomic E-state index is 0.0409. The average molecular weight is 172 g/mol. The van der Waals surface area contributed by atoms with Gasteiger partial charge in [0.2, 0.25) is 0 Å². The van der Waals surface area contributed by atoms with Crippen LogP contribution in [0.5, 0.6) is 0 Å². The molecule has 0 unspecified atom stereocenters. The Bertz CT molecular complexity index is 150. The first-order valence-corrected chi connectivity index (χ1v) is 4.48. The number of unbranched alkanes of at least 4 members (excludes halogenated alkanes) is 1. The van der Waals surface area contributed by atoms with Crippen molar-refractivity contribution in [2.24, 2.45) is 0 Å². The van der Waals surface area contributed by atoms with Gasteiger partial charge in [0.05, 0.1) is 0 Å². The van der Waals surface area contributed by atoms with E-state index in [0.717, 1.165) is 38.9 Å². The summed E-state index contributed by atoms with van der Waals surface area (Å²) < 4.78 is 0. The number of nitrogens with one attached hydrogen (secondary N) is 1. The van der Waals surface area contributed by atoms with Crippen LogP contribution in [0.25, 0.3) is 0 Å². The predicted molar refractivity (Wildman–Crippen MR) is 45.9 cm³/mol. The van der Waals surface area contributed by atoms with Gasteiger partial charge in [-0.15, -0.1) is 0 Å². The van der Waals surface area contributed by atoms with Crippen LogP contribution in [0.4, 0.5) is 4.79 Å². The number of hydrogen-bond donors (Lipinski definition) is 2. The van der Waals surface area contributed by atoms with Gasteiger partial charge in [-0.2, -0.15) is 0 Å². The molecule has 0 radical (unpaired) electrons. The molecule has 0 spiro atoms. The molecule has 70 valence electrons. The van der Waals surface area contributed by atoms with Crippen molar-refractivity contribution < 1.29 is 9.90 Å². The Morgan fingerprint density at radius 1 is 1.50 bits per heavy atom. The molecule has 12 heavy (non-hydrogen) atoms. The van der Waals surface area contributed by atoms with E-state index in [1.54, 1.807) is 4.90 Å². The van der Waals surface area contributed by atoms with Gasteiger partial charge in [-0.25, -0.2) is 4.79 Å². The third kappa shape index (κ3) is 2.70. The number of carbonyl (C=O) groups excluding carboxylic acids is 1. The lowest BCUT2D eigenvalue weighted by Crippen LogP contribution is -2.46. The zero-order valence-corrected chi connectivity index (χ0v) is 7.25. The van der Waals surface area contributed by atoms with Crippen LogP contribution in [0.3, 0.4) is 0 Å². The van der Waals surface area contributed by atoms with Crippen LogP contribution in [0.2, 0.25) is 0 Å². The molecule has 0 aromatic carbocycles. The zero-order chi connectivity index (χ0) is 8.81. The third-order valence-corrected chi connectivity index (χ3v) is 2.00. The van der Waals surface area contributed by atoms with Crippen molar-refractivity contribution in [3.63, 3.8) is 0 Å². The first-order chi connectivity index (χ1) is 5.84. The van der Waals surface area contributed by atoms with Crippen molar-refractivity contribution in [3.05, 3.63) is 0 Å². The van der Waals surface area contributed by atoms with Gasteiger partial charge in [-0.05, 0) is 19.3 Å². The van der Waals surface area contributed by atoms with Crippen LogP contribution in [0.1, 0.15) is 19.3 Å². The van der Waals surface area contributed by atoms with Crippen LogP contribution in [0, 0.1) is 0 Å². The summed E-state index contributed by atoms with van der Waals surface area (Å²) >= 11 is 0. The second-order valence-corrected chi connectivity index (χ2v) is 3.00. The number of amides is 2. The normalized spacial score (nSPS) is 17.8. The summed E-state index contributed by atoms with van der Waals surface area (Å²) in [5, 5.41) is 11.3. The van der Waals surface area contributed by atoms with Crippen LogP contribution in [-0.4, -0.2) is 42.3 Å². The lowest BCUT2D eigenvalue weighted by molar-refractivity contribution is 0.182. The molecule has 0 aliphatic carbocycles. The molecule has 0 saturated carbocycles. The monoisotopic (exact) mass is 172 g/mol. The molecule has 4 nitrogen and oxygen atoms in total. The number of rotatable bonds is 4. The number of urea groups is 1. The maximum Gasteiger partial charge on any atom is 0.317 e. The summed E-state index contributed by atoms with van der Waals surface area (Å²) in [6, 6.07) is 0.0409. The van der Waals surface area contributed by atoms with Gasteiger partial charge in [-0.1, -0.05) is 0 Å². The highest BCUT2D eigenvalue weighted by Crippen LogP contribution is 2.01. The molecule has 1 saturated heterocycles. The molecule has 4 heteroatoms. The van der Waals surface area contributed by atoms with Crippen molar-refractivity contribution in [3.8, 4) is 0 Å². The molecule has 1 heterocycles. The summed E-state index contributed by atoms with van der Waals surface area (Å²) in [5.41, 5.74) is 0. The summed E-state index contributed by atoms with van der Waals surface area (Å²) in [6.07, 6.45) is 2.71. The van der Waals surface area contributed by atoms with Crippen molar-refractivity contribution in [2.45, 2.75) is 19.3 Å². The van der Waals surface area contributed by atoms with E-state index in [1.807, 2.05) is 0 Å². The smallest absolute Gasteiger partial charge is 0.317 e. The predicted octanol–water partition coefficient (Wildman–Crippen LogP) is 0.174. The Hall–Kier alpha value is -0.770. The second kappa shape index (κ2) is 4.98. The molecule has 1 aliphatic heterocycles. The van der Waals surface area contributed by atoms with Crippen molar-refractivity contribution in [1.82, 2.24) is 10.2 Å². The fraction of sp³-hybridized carbons (Fsp3) is 0.875. The number of carbonyl (C=O) groups is 1. The van der Waals surface area contributed by atoms with E-state index in [1.165, 1.54) is 0 Å². The molecule has 0 aromatic heterocycles. The van der Waals surface area contributed by atoms with E-state index in [-0.39, 0.29) is 12.6 Å². The minimum atomic E-state index is 0.0409. The summed E-state index contributed by atoms with van der Waals surface area (Å²) in [5.74, 6) is 0. The molecule has 1 aliphatic rings. The van der Waals surface area contributed by atoms with E-state index >= 15 is 0 Å². The summed E-state index contributed by atoms with van der Waals surface area (Å²) in [7, 11) is 0. The molecule has 1 fully saturated rings. The fourth-order valence-electron chi connectivity index (χ4n) is 1.31. The van der Waals surface area contributed by atoms with Crippen molar-refractivity contribution >= 4 is 6.03 Å². The molecule has 0 bridgehead atoms. The molecule has 0 aromatic rings. The van der Waals surface area contributed by atoms with Gasteiger partial charge in [0, 0.05) is 26.2 Å². The van der Waals surface area contributed by atoms with Gasteiger partial charge in [0.25, 0.3) is 0 Å². The number of hydrogen-bond acceptors (Lipinski definition) is 2. The van der Waals surface area contributed by atoms with Crippen LogP contribution < -0.4 is 5.32 Å². The lowest BCUT2D eigenvalue weighted by Gasteiger charge is -2.27. The standard InChI is InChI=1S/C8H16N2O2/c11-7-2-1-5-10-6-3-4-9-8(10)12/h11H,1-7H2,(H,9,12). The Kier molecular flexibility index (Phi) is 3.87. The molecule has 0 atom stereocenters. The topological polar surface area (TPSA) is 52.6 Å². The van der Waals surface area contributed by atoms with Crippen LogP contribution >= 0.6 is 0 Å². The average Bonchev–Trinajstić information content (AvgIpc) is 2.09. The van der Waals surface area contributed by atoms with E-state index in [0.29, 0.717) is 0 Å². The Morgan fingerprint density at radius 3 is 3.00 bits per heavy atom. The molecule has 2 N–H and O–H groups in total. The largest absolute Gasteiger partial charge is 0.396 e. The van der Waals surface area contributed by atoms with E-state index in [4.69, 9.17) is 5.11 Å². The fourth-order valence-corrected chi connectivity index (χ4v) is 1.31. The minimum Gasteiger partial charge on any atom is -0.396 e. The van der Waals surface area contributed by atoms with Crippen LogP contribution in [0.15, 0.2) is 0 Å². The van der Waals surface area contributed by atoms with Gasteiger partial charge in [0.15, 0.2) is 0 Å². The number of nitrogens with zero attached hydrogens (tertiary/aromatic N) is 1. The molecular weight excluding hydrogens is 156 g/mol. The maximum absolute atomic E-state index is 11.1. The van der Waals surface area contributed by atoms with Crippen LogP contribution in [-0.2, 0) is 0 Å². The third-order valence-electron chi connectivity index (χ3n) is 2.00. The van der Waals surface area contributed by atoms with Gasteiger partial charge in [-0.3, -0.25) is 0 Å². The maximum atomic E-state index is 11.1. The van der Waals surface area contributed by atoms with Gasteiger partial charge < -0.3 is 15.3 Å². The van der Waals surface area contributed by atoms with Gasteiger partial charge >= 0.3 is 6.03 Å². The van der Waals surface area contributed by atoms with E-state index < -0.39 is 0 Å². The second-order valence-electron chi connectivity index (χ2n) is 3.00. The highest BCUT2D eigenvalue weighted by Gasteiger charge is 2.15. The Labute approximate surface area is 72.6 Å². The highest BCUT2D eigenvalue weighted by atomic mass is 16.3. The Morgan fingerprint density at radius 2 is 2.33 bits per heavy atom. The zero-order valence-electron chi connectivity index (χ0n) is 7.25. The van der Waals surface area contributed by atoms with E-state index in [9.17, 15) is 4.79 Å². The van der Waals surface area contributed by atoms with Gasteiger partial charge in [0.1, 0.15) is 0 Å². The van der Waals surface area contributed by atoms with E-state index in [2.05, 4.69) is 5.32 Å². The summed E-state index contributed by atoms with van der Waals surface area (Å²) in [4.78, 5) is 12.9. The Balaban J connectivity index is 2.16. The first-order valence-electron chi connectivity index (χ1n) is 4.48. The molecule has 2 amide bonds. The lowest BCUT2D eigenvalue weighted by atomic mass is 10.2. The van der Waals surface area contributed by atoms with Crippen molar-refractivity contribution in [2.75, 3.05) is 26.2 Å². The highest BCUT2D eigenvalue weighted by molar-refractivity contribution is 5.74. The number of aliphatic hydroxyl groups is 1. The quantitative estimate of drug-likeness (QED) is 0.594. The number of aliphatic hydroxyl groups excluding tert-OH is 1. The molecule has 1 rings (SSSR count). The SMILES string of the molecule is O=C1NCCCN1CCCCO. The molecular formula is C8H16N2O2.